The highest BCUT2D eigenvalue weighted by molar-refractivity contribution is 7.89. The van der Waals surface area contributed by atoms with Gasteiger partial charge in [-0.1, -0.05) is 13.8 Å². The summed E-state index contributed by atoms with van der Waals surface area (Å²) in [6, 6.07) is -0.110. The first kappa shape index (κ1) is 16.8. The van der Waals surface area contributed by atoms with Gasteiger partial charge in [-0.25, -0.2) is 8.42 Å². The first-order chi connectivity index (χ1) is 7.99. The van der Waals surface area contributed by atoms with E-state index in [1.54, 1.807) is 7.11 Å². The van der Waals surface area contributed by atoms with Crippen LogP contribution in [0.1, 0.15) is 27.2 Å². The van der Waals surface area contributed by atoms with E-state index in [0.29, 0.717) is 19.7 Å². The average Bonchev–Trinajstić information content (AvgIpc) is 2.25. The highest BCUT2D eigenvalue weighted by Crippen LogP contribution is 2.07. The molecule has 0 bridgehead atoms. The third kappa shape index (κ3) is 6.35. The molecule has 0 aliphatic heterocycles. The van der Waals surface area contributed by atoms with Crippen molar-refractivity contribution >= 4 is 10.0 Å². The van der Waals surface area contributed by atoms with Crippen molar-refractivity contribution < 1.29 is 13.2 Å². The predicted octanol–water partition coefficient (Wildman–Crippen LogP) is 0.673. The zero-order valence-corrected chi connectivity index (χ0v) is 12.2. The quantitative estimate of drug-likeness (QED) is 0.591. The lowest BCUT2D eigenvalue weighted by molar-refractivity contribution is 0.142. The van der Waals surface area contributed by atoms with Crippen molar-refractivity contribution in [2.75, 3.05) is 39.1 Å². The van der Waals surface area contributed by atoms with Gasteiger partial charge in [-0.3, -0.25) is 0 Å². The minimum absolute atomic E-state index is 0.110. The van der Waals surface area contributed by atoms with E-state index in [9.17, 15) is 8.42 Å². The number of hydrogen-bond acceptors (Lipinski definition) is 4. The molecule has 0 heterocycles. The highest BCUT2D eigenvalue weighted by Gasteiger charge is 2.24. The SMILES string of the molecule is CCCNCCS(=O)(=O)N(CC)C(C)COC. The van der Waals surface area contributed by atoms with Crippen molar-refractivity contribution in [1.29, 1.82) is 0 Å². The number of nitrogens with one attached hydrogen (secondary N) is 1. The Hall–Kier alpha value is -0.170. The predicted molar refractivity (Wildman–Crippen MR) is 70.7 cm³/mol. The summed E-state index contributed by atoms with van der Waals surface area (Å²) >= 11 is 0. The lowest BCUT2D eigenvalue weighted by Crippen LogP contribution is -2.43. The van der Waals surface area contributed by atoms with Crippen molar-refractivity contribution in [1.82, 2.24) is 9.62 Å². The van der Waals surface area contributed by atoms with E-state index < -0.39 is 10.0 Å². The second-order valence-electron chi connectivity index (χ2n) is 4.07. The second-order valence-corrected chi connectivity index (χ2v) is 6.11. The van der Waals surface area contributed by atoms with Gasteiger partial charge in [-0.2, -0.15) is 4.31 Å². The Morgan fingerprint density at radius 1 is 1.29 bits per heavy atom. The zero-order chi connectivity index (χ0) is 13.3. The maximum absolute atomic E-state index is 12.1. The molecule has 0 amide bonds. The Morgan fingerprint density at radius 2 is 1.94 bits per heavy atom. The number of hydrogen-bond donors (Lipinski definition) is 1. The van der Waals surface area contributed by atoms with E-state index in [0.717, 1.165) is 13.0 Å². The molecular formula is C11H26N2O3S. The summed E-state index contributed by atoms with van der Waals surface area (Å²) in [4.78, 5) is 0. The molecule has 0 aromatic carbocycles. The molecule has 104 valence electrons. The normalized spacial score (nSPS) is 14.2. The van der Waals surface area contributed by atoms with Crippen LogP contribution in [0, 0.1) is 0 Å². The summed E-state index contributed by atoms with van der Waals surface area (Å²) in [6.45, 7) is 8.05. The Morgan fingerprint density at radius 3 is 2.41 bits per heavy atom. The fourth-order valence-electron chi connectivity index (χ4n) is 1.73. The summed E-state index contributed by atoms with van der Waals surface area (Å²) in [6.07, 6.45) is 1.01. The monoisotopic (exact) mass is 266 g/mol. The number of methoxy groups -OCH3 is 1. The van der Waals surface area contributed by atoms with Crippen LogP contribution in [0.4, 0.5) is 0 Å². The number of rotatable bonds is 10. The molecule has 0 aliphatic rings. The van der Waals surface area contributed by atoms with Crippen molar-refractivity contribution in [3.8, 4) is 0 Å². The Balaban J connectivity index is 4.32. The number of sulfonamides is 1. The van der Waals surface area contributed by atoms with Crippen molar-refractivity contribution in [3.05, 3.63) is 0 Å². The van der Waals surface area contributed by atoms with Gasteiger partial charge >= 0.3 is 0 Å². The Kier molecular flexibility index (Phi) is 8.77. The van der Waals surface area contributed by atoms with E-state index in [1.165, 1.54) is 4.31 Å². The van der Waals surface area contributed by atoms with Gasteiger partial charge in [0.2, 0.25) is 10.0 Å². The van der Waals surface area contributed by atoms with Crippen LogP contribution in [0.2, 0.25) is 0 Å². The minimum atomic E-state index is -3.18. The van der Waals surface area contributed by atoms with Crippen LogP contribution in [0.15, 0.2) is 0 Å². The average molecular weight is 266 g/mol. The molecule has 0 saturated carbocycles. The lowest BCUT2D eigenvalue weighted by atomic mass is 10.4. The molecule has 0 saturated heterocycles. The molecule has 0 aromatic rings. The Labute approximate surface area is 106 Å². The molecule has 0 fully saturated rings. The fourth-order valence-corrected chi connectivity index (χ4v) is 3.37. The van der Waals surface area contributed by atoms with Crippen molar-refractivity contribution in [2.45, 2.75) is 33.2 Å². The number of nitrogens with zero attached hydrogens (tertiary/aromatic N) is 1. The van der Waals surface area contributed by atoms with Crippen molar-refractivity contribution in [3.63, 3.8) is 0 Å². The van der Waals surface area contributed by atoms with Gasteiger partial charge in [0.05, 0.1) is 12.4 Å². The van der Waals surface area contributed by atoms with Crippen LogP contribution in [0.5, 0.6) is 0 Å². The van der Waals surface area contributed by atoms with E-state index in [2.05, 4.69) is 12.2 Å². The van der Waals surface area contributed by atoms with Crippen LogP contribution in [0.3, 0.4) is 0 Å². The van der Waals surface area contributed by atoms with Crippen molar-refractivity contribution in [2.24, 2.45) is 0 Å². The zero-order valence-electron chi connectivity index (χ0n) is 11.4. The second kappa shape index (κ2) is 8.85. The first-order valence-electron chi connectivity index (χ1n) is 6.18. The summed E-state index contributed by atoms with van der Waals surface area (Å²) in [5, 5.41) is 3.10. The molecule has 6 heteroatoms. The third-order valence-corrected chi connectivity index (χ3v) is 4.58. The number of ether oxygens (including phenoxy) is 1. The van der Waals surface area contributed by atoms with Gasteiger partial charge in [0.25, 0.3) is 0 Å². The maximum Gasteiger partial charge on any atom is 0.215 e. The van der Waals surface area contributed by atoms with Gasteiger partial charge in [0.15, 0.2) is 0 Å². The molecular weight excluding hydrogens is 240 g/mol. The van der Waals surface area contributed by atoms with Gasteiger partial charge in [-0.15, -0.1) is 0 Å². The van der Waals surface area contributed by atoms with Crippen LogP contribution in [-0.4, -0.2) is 57.9 Å². The molecule has 0 radical (unpaired) electrons. The minimum Gasteiger partial charge on any atom is -0.383 e. The molecule has 0 aromatic heterocycles. The van der Waals surface area contributed by atoms with Gasteiger partial charge < -0.3 is 10.1 Å². The maximum atomic E-state index is 12.1. The summed E-state index contributed by atoms with van der Waals surface area (Å²) < 4.78 is 30.7. The molecule has 1 N–H and O–H groups in total. The first-order valence-corrected chi connectivity index (χ1v) is 7.79. The van der Waals surface area contributed by atoms with Gasteiger partial charge in [0.1, 0.15) is 0 Å². The standard InChI is InChI=1S/C11H26N2O3S/c1-5-7-12-8-9-17(14,15)13(6-2)11(3)10-16-4/h11-12H,5-10H2,1-4H3. The number of likely N-dealkylation sites (N-methyl/N-ethyl adjacent to an activating group) is 1. The van der Waals surface area contributed by atoms with Gasteiger partial charge in [-0.05, 0) is 19.9 Å². The molecule has 1 unspecified atom stereocenters. The summed E-state index contributed by atoms with van der Waals surface area (Å²) in [7, 11) is -1.60. The summed E-state index contributed by atoms with van der Waals surface area (Å²) in [5.41, 5.74) is 0. The van der Waals surface area contributed by atoms with Crippen LogP contribution >= 0.6 is 0 Å². The van der Waals surface area contributed by atoms with E-state index >= 15 is 0 Å². The largest absolute Gasteiger partial charge is 0.383 e. The lowest BCUT2D eigenvalue weighted by Gasteiger charge is -2.26. The smallest absolute Gasteiger partial charge is 0.215 e. The molecule has 17 heavy (non-hydrogen) atoms. The summed E-state index contributed by atoms with van der Waals surface area (Å²) in [5.74, 6) is 0.148. The Bertz CT molecular complexity index is 280. The highest BCUT2D eigenvalue weighted by atomic mass is 32.2. The third-order valence-electron chi connectivity index (χ3n) is 2.53. The molecule has 0 rings (SSSR count). The topological polar surface area (TPSA) is 58.6 Å². The van der Waals surface area contributed by atoms with Crippen LogP contribution in [0.25, 0.3) is 0 Å². The molecule has 5 nitrogen and oxygen atoms in total. The van der Waals surface area contributed by atoms with Crippen LogP contribution in [-0.2, 0) is 14.8 Å². The fraction of sp³-hybridized carbons (Fsp3) is 1.00. The molecule has 1 atom stereocenters. The molecule has 0 aliphatic carbocycles. The molecule has 0 spiro atoms. The van der Waals surface area contributed by atoms with E-state index in [-0.39, 0.29) is 11.8 Å². The van der Waals surface area contributed by atoms with Gasteiger partial charge in [0, 0.05) is 26.2 Å². The van der Waals surface area contributed by atoms with E-state index in [1.807, 2.05) is 13.8 Å². The van der Waals surface area contributed by atoms with E-state index in [4.69, 9.17) is 4.74 Å². The van der Waals surface area contributed by atoms with Crippen LogP contribution < -0.4 is 5.32 Å².